The molecule has 0 spiro atoms. The number of carbonyl (C=O) groups is 1. The molecule has 0 saturated heterocycles. The maximum absolute atomic E-state index is 11.8. The first-order valence-electron chi connectivity index (χ1n) is 9.70. The molecule has 0 unspecified atom stereocenters. The van der Waals surface area contributed by atoms with E-state index in [4.69, 9.17) is 4.74 Å². The number of para-hydroxylation sites is 1. The number of benzene rings is 1. The Kier molecular flexibility index (Phi) is 17.0. The van der Waals surface area contributed by atoms with Crippen LogP contribution in [0.5, 0.6) is 5.75 Å². The third kappa shape index (κ3) is 12.7. The van der Waals surface area contributed by atoms with Gasteiger partial charge in [0.05, 0.1) is 6.61 Å². The summed E-state index contributed by atoms with van der Waals surface area (Å²) in [5.41, 5.74) is 0.247. The molecule has 25 heavy (non-hydrogen) atoms. The topological polar surface area (TPSA) is 46.5 Å². The van der Waals surface area contributed by atoms with Crippen molar-refractivity contribution in [3.63, 3.8) is 0 Å². The van der Waals surface area contributed by atoms with Crippen LogP contribution >= 0.6 is 0 Å². The van der Waals surface area contributed by atoms with E-state index in [0.717, 1.165) is 12.8 Å². The number of hydrogen-bond acceptors (Lipinski definition) is 3. The molecule has 140 valence electrons. The van der Waals surface area contributed by atoms with Crippen LogP contribution in [0, 0.1) is 0 Å². The first-order chi connectivity index (χ1) is 11.8. The van der Waals surface area contributed by atoms with Gasteiger partial charge in [-0.05, 0) is 18.6 Å². The van der Waals surface area contributed by atoms with Crippen LogP contribution in [0.1, 0.15) is 94.3 Å². The predicted molar refractivity (Wildman–Crippen MR) is 108 cm³/mol. The molecule has 0 fully saturated rings. The van der Waals surface area contributed by atoms with Crippen LogP contribution in [0.2, 0.25) is 0 Å². The molecule has 1 rings (SSSR count). The average Bonchev–Trinajstić information content (AvgIpc) is 2.59. The summed E-state index contributed by atoms with van der Waals surface area (Å²) in [5, 5.41) is 9.58. The van der Waals surface area contributed by atoms with Crippen molar-refractivity contribution in [3.8, 4) is 5.75 Å². The Labute approximate surface area is 183 Å². The van der Waals surface area contributed by atoms with Crippen LogP contribution in [0.25, 0.3) is 0 Å². The van der Waals surface area contributed by atoms with Crippen molar-refractivity contribution in [1.29, 1.82) is 0 Å². The number of aromatic hydroxyl groups is 1. The van der Waals surface area contributed by atoms with Gasteiger partial charge < -0.3 is 9.84 Å². The van der Waals surface area contributed by atoms with Crippen molar-refractivity contribution in [3.05, 3.63) is 29.8 Å². The van der Waals surface area contributed by atoms with Crippen molar-refractivity contribution in [2.75, 3.05) is 6.61 Å². The molecule has 0 saturated carbocycles. The molecule has 0 aliphatic rings. The van der Waals surface area contributed by atoms with Crippen molar-refractivity contribution in [2.45, 2.75) is 84.0 Å². The summed E-state index contributed by atoms with van der Waals surface area (Å²) in [4.78, 5) is 11.8. The number of esters is 1. The fourth-order valence-electron chi connectivity index (χ4n) is 2.83. The third-order valence-electron chi connectivity index (χ3n) is 4.36. The molecule has 0 aliphatic carbocycles. The van der Waals surface area contributed by atoms with Gasteiger partial charge in [0.15, 0.2) is 0 Å². The van der Waals surface area contributed by atoms with Crippen LogP contribution in [0.4, 0.5) is 0 Å². The molecule has 0 aliphatic heterocycles. The monoisotopic (exact) mass is 376 g/mol. The first kappa shape index (κ1) is 24.7. The Morgan fingerprint density at radius 1 is 0.840 bits per heavy atom. The second-order valence-corrected chi connectivity index (χ2v) is 6.54. The van der Waals surface area contributed by atoms with E-state index in [1.54, 1.807) is 18.2 Å². The van der Waals surface area contributed by atoms with Crippen LogP contribution in [0.15, 0.2) is 24.3 Å². The number of carbonyl (C=O) groups excluding carboxylic acids is 1. The Balaban J connectivity index is 0.00000576. The third-order valence-corrected chi connectivity index (χ3v) is 4.36. The summed E-state index contributed by atoms with van der Waals surface area (Å²) in [6.45, 7) is 2.69. The van der Waals surface area contributed by atoms with Crippen molar-refractivity contribution in [1.82, 2.24) is 0 Å². The van der Waals surface area contributed by atoms with Gasteiger partial charge in [0, 0.05) is 0 Å². The first-order valence-corrected chi connectivity index (χ1v) is 9.70. The molecule has 3 nitrogen and oxygen atoms in total. The molecule has 1 aromatic rings. The average molecular weight is 377 g/mol. The zero-order valence-corrected chi connectivity index (χ0v) is 15.3. The molecular formula is C21H36CaO3. The quantitative estimate of drug-likeness (QED) is 0.271. The maximum atomic E-state index is 11.8. The van der Waals surface area contributed by atoms with Crippen LogP contribution in [-0.2, 0) is 4.74 Å². The predicted octanol–water partition coefficient (Wildman–Crippen LogP) is 5.33. The zero-order chi connectivity index (χ0) is 17.5. The fraction of sp³-hybridized carbons (Fsp3) is 0.667. The van der Waals surface area contributed by atoms with Gasteiger partial charge in [-0.1, -0.05) is 89.7 Å². The van der Waals surface area contributed by atoms with Crippen molar-refractivity contribution >= 4 is 43.7 Å². The zero-order valence-electron chi connectivity index (χ0n) is 15.3. The Hall–Kier alpha value is -0.250. The number of hydrogen-bond donors (Lipinski definition) is 1. The standard InChI is InChI=1S/C21H34O3.Ca.2H/c1-2-3-4-5-6-7-8-9-10-11-12-15-18-24-21(23)19-16-13-14-17-20(19)22;;;/h13-14,16-17,22H,2-12,15,18H2,1H3;;;. The van der Waals surface area contributed by atoms with Gasteiger partial charge in [0.1, 0.15) is 11.3 Å². The van der Waals surface area contributed by atoms with Crippen LogP contribution in [-0.4, -0.2) is 55.4 Å². The Morgan fingerprint density at radius 3 is 1.84 bits per heavy atom. The molecule has 0 bridgehead atoms. The van der Waals surface area contributed by atoms with Gasteiger partial charge in [-0.25, -0.2) is 4.79 Å². The van der Waals surface area contributed by atoms with E-state index in [1.165, 1.54) is 70.3 Å². The minimum atomic E-state index is -0.434. The van der Waals surface area contributed by atoms with Crippen molar-refractivity contribution < 1.29 is 14.6 Å². The van der Waals surface area contributed by atoms with E-state index in [9.17, 15) is 9.90 Å². The van der Waals surface area contributed by atoms with E-state index in [1.807, 2.05) is 0 Å². The van der Waals surface area contributed by atoms with E-state index in [0.29, 0.717) is 6.61 Å². The molecule has 4 heteroatoms. The van der Waals surface area contributed by atoms with Crippen LogP contribution in [0.3, 0.4) is 0 Å². The fourth-order valence-corrected chi connectivity index (χ4v) is 2.83. The minimum absolute atomic E-state index is 0. The normalized spacial score (nSPS) is 10.3. The second-order valence-electron chi connectivity index (χ2n) is 6.54. The molecule has 0 heterocycles. The summed E-state index contributed by atoms with van der Waals surface area (Å²) in [5.74, 6) is -0.451. The van der Waals surface area contributed by atoms with E-state index in [-0.39, 0.29) is 49.1 Å². The molecule has 0 atom stereocenters. The molecule has 1 N–H and O–H groups in total. The van der Waals surface area contributed by atoms with Crippen LogP contribution < -0.4 is 0 Å². The van der Waals surface area contributed by atoms with Gasteiger partial charge in [0.2, 0.25) is 0 Å². The van der Waals surface area contributed by atoms with Gasteiger partial charge in [-0.15, -0.1) is 0 Å². The van der Waals surface area contributed by atoms with Gasteiger partial charge in [-0.2, -0.15) is 0 Å². The summed E-state index contributed by atoms with van der Waals surface area (Å²) in [6.07, 6.45) is 15.4. The number of unbranched alkanes of at least 4 members (excludes halogenated alkanes) is 11. The summed E-state index contributed by atoms with van der Waals surface area (Å²) in [6, 6.07) is 6.50. The SMILES string of the molecule is CCCCCCCCCCCCCCOC(=O)c1ccccc1O.[CaH2]. The van der Waals surface area contributed by atoms with E-state index < -0.39 is 5.97 Å². The summed E-state index contributed by atoms with van der Waals surface area (Å²) >= 11 is 0. The van der Waals surface area contributed by atoms with Gasteiger partial charge in [0.25, 0.3) is 0 Å². The molecule has 0 aromatic heterocycles. The summed E-state index contributed by atoms with van der Waals surface area (Å²) in [7, 11) is 0. The number of phenolic OH excluding ortho intramolecular Hbond substituents is 1. The molecular weight excluding hydrogens is 340 g/mol. The Morgan fingerprint density at radius 2 is 1.32 bits per heavy atom. The van der Waals surface area contributed by atoms with Gasteiger partial charge >= 0.3 is 43.7 Å². The van der Waals surface area contributed by atoms with Gasteiger partial charge in [-0.3, -0.25) is 0 Å². The number of ether oxygens (including phenoxy) is 1. The van der Waals surface area contributed by atoms with E-state index >= 15 is 0 Å². The number of rotatable bonds is 14. The number of phenols is 1. The Bertz CT molecular complexity index is 449. The second kappa shape index (κ2) is 17.2. The van der Waals surface area contributed by atoms with Crippen molar-refractivity contribution in [2.24, 2.45) is 0 Å². The van der Waals surface area contributed by atoms with E-state index in [2.05, 4.69) is 6.92 Å². The molecule has 0 amide bonds. The molecule has 0 radical (unpaired) electrons. The summed E-state index contributed by atoms with van der Waals surface area (Å²) < 4.78 is 5.20. The molecule has 1 aromatic carbocycles.